The molecule has 0 aliphatic rings. The third-order valence-electron chi connectivity index (χ3n) is 1.22. The van der Waals surface area contributed by atoms with Crippen LogP contribution < -0.4 is 5.32 Å². The molecule has 0 atom stereocenters. The Morgan fingerprint density at radius 1 is 1.36 bits per heavy atom. The number of alkyl carbamates (subject to hydrolysis) is 1. The number of rotatable bonds is 5. The number of halogens is 3. The Morgan fingerprint density at radius 3 is 2.50 bits per heavy atom. The van der Waals surface area contributed by atoms with Crippen LogP contribution in [0.25, 0.3) is 0 Å². The van der Waals surface area contributed by atoms with Gasteiger partial charge in [-0.05, 0) is 12.8 Å². The molecule has 0 radical (unpaired) electrons. The molecular weight excluding hydrogens is 203 g/mol. The average molecular weight is 215 g/mol. The molecule has 0 spiro atoms. The van der Waals surface area contributed by atoms with Crippen LogP contribution in [0.4, 0.5) is 18.0 Å². The van der Waals surface area contributed by atoms with Gasteiger partial charge in [0.05, 0.1) is 0 Å². The van der Waals surface area contributed by atoms with Crippen LogP contribution in [0, 0.1) is 0 Å². The summed E-state index contributed by atoms with van der Waals surface area (Å²) in [6, 6.07) is 0. The number of carbonyl (C=O) groups is 1. The molecule has 0 rings (SSSR count). The third kappa shape index (κ3) is 9.11. The van der Waals surface area contributed by atoms with E-state index in [1.807, 2.05) is 0 Å². The Bertz CT molecular complexity index is 172. The molecule has 0 aromatic heterocycles. The fourth-order valence-corrected chi connectivity index (χ4v) is 0.626. The first kappa shape index (κ1) is 13.0. The number of hydrogen-bond donors (Lipinski definition) is 2. The topological polar surface area (TPSA) is 58.6 Å². The number of unbranched alkanes of at least 4 members (excludes halogenated alkanes) is 1. The van der Waals surface area contributed by atoms with E-state index < -0.39 is 18.9 Å². The SMILES string of the molecule is O=C(NCCCCO)OCC(F)(F)F. The summed E-state index contributed by atoms with van der Waals surface area (Å²) in [4.78, 5) is 10.6. The van der Waals surface area contributed by atoms with Gasteiger partial charge in [-0.15, -0.1) is 0 Å². The number of aliphatic hydroxyl groups is 1. The number of alkyl halides is 3. The molecule has 0 heterocycles. The first-order chi connectivity index (χ1) is 6.45. The maximum Gasteiger partial charge on any atom is 0.422 e. The third-order valence-corrected chi connectivity index (χ3v) is 1.22. The average Bonchev–Trinajstić information content (AvgIpc) is 2.08. The zero-order chi connectivity index (χ0) is 11.0. The van der Waals surface area contributed by atoms with Crippen molar-refractivity contribution in [1.29, 1.82) is 0 Å². The second-order valence-corrected chi connectivity index (χ2v) is 2.55. The van der Waals surface area contributed by atoms with Crippen molar-refractivity contribution in [3.63, 3.8) is 0 Å². The van der Waals surface area contributed by atoms with E-state index in [1.165, 1.54) is 0 Å². The van der Waals surface area contributed by atoms with Crippen molar-refractivity contribution in [3.05, 3.63) is 0 Å². The van der Waals surface area contributed by atoms with E-state index in [0.717, 1.165) is 0 Å². The van der Waals surface area contributed by atoms with Gasteiger partial charge in [-0.25, -0.2) is 4.79 Å². The van der Waals surface area contributed by atoms with Gasteiger partial charge in [0, 0.05) is 13.2 Å². The van der Waals surface area contributed by atoms with Crippen LogP contribution in [0.15, 0.2) is 0 Å². The van der Waals surface area contributed by atoms with Crippen LogP contribution in [0.3, 0.4) is 0 Å². The molecule has 4 nitrogen and oxygen atoms in total. The minimum Gasteiger partial charge on any atom is -0.440 e. The van der Waals surface area contributed by atoms with E-state index >= 15 is 0 Å². The first-order valence-corrected chi connectivity index (χ1v) is 4.04. The maximum atomic E-state index is 11.5. The molecule has 2 N–H and O–H groups in total. The van der Waals surface area contributed by atoms with Gasteiger partial charge in [0.1, 0.15) is 0 Å². The fourth-order valence-electron chi connectivity index (χ4n) is 0.626. The van der Waals surface area contributed by atoms with Crippen LogP contribution >= 0.6 is 0 Å². The molecule has 1 amide bonds. The largest absolute Gasteiger partial charge is 0.440 e. The minimum absolute atomic E-state index is 0.0146. The van der Waals surface area contributed by atoms with Crippen molar-refractivity contribution in [2.75, 3.05) is 19.8 Å². The molecule has 0 saturated heterocycles. The van der Waals surface area contributed by atoms with E-state index in [2.05, 4.69) is 10.1 Å². The molecule has 0 aromatic rings. The number of ether oxygens (including phenoxy) is 1. The molecule has 0 saturated carbocycles. The second-order valence-electron chi connectivity index (χ2n) is 2.55. The fraction of sp³-hybridized carbons (Fsp3) is 0.857. The van der Waals surface area contributed by atoms with Gasteiger partial charge in [-0.1, -0.05) is 0 Å². The lowest BCUT2D eigenvalue weighted by Gasteiger charge is -2.08. The summed E-state index contributed by atoms with van der Waals surface area (Å²) >= 11 is 0. The molecule has 0 aromatic carbocycles. The Balaban J connectivity index is 3.38. The second kappa shape index (κ2) is 6.47. The van der Waals surface area contributed by atoms with Crippen LogP contribution in [-0.2, 0) is 4.74 Å². The molecule has 0 bridgehead atoms. The lowest BCUT2D eigenvalue weighted by Crippen LogP contribution is -2.29. The van der Waals surface area contributed by atoms with Gasteiger partial charge in [-0.2, -0.15) is 13.2 Å². The van der Waals surface area contributed by atoms with Gasteiger partial charge >= 0.3 is 12.3 Å². The summed E-state index contributed by atoms with van der Waals surface area (Å²) < 4.78 is 38.4. The van der Waals surface area contributed by atoms with Crippen molar-refractivity contribution in [2.24, 2.45) is 0 Å². The van der Waals surface area contributed by atoms with Gasteiger partial charge in [-0.3, -0.25) is 0 Å². The molecule has 0 fully saturated rings. The van der Waals surface area contributed by atoms with Gasteiger partial charge < -0.3 is 15.2 Å². The van der Waals surface area contributed by atoms with Crippen molar-refractivity contribution in [1.82, 2.24) is 5.32 Å². The first-order valence-electron chi connectivity index (χ1n) is 4.04. The molecular formula is C7H12F3NO3. The summed E-state index contributed by atoms with van der Waals surface area (Å²) in [5.41, 5.74) is 0. The van der Waals surface area contributed by atoms with Gasteiger partial charge in [0.15, 0.2) is 6.61 Å². The lowest BCUT2D eigenvalue weighted by atomic mass is 10.3. The summed E-state index contributed by atoms with van der Waals surface area (Å²) in [6.07, 6.45) is -4.61. The Kier molecular flexibility index (Phi) is 6.02. The predicted molar refractivity (Wildman–Crippen MR) is 41.7 cm³/mol. The molecule has 14 heavy (non-hydrogen) atoms. The van der Waals surface area contributed by atoms with Gasteiger partial charge in [0.25, 0.3) is 0 Å². The van der Waals surface area contributed by atoms with Crippen LogP contribution in [-0.4, -0.2) is 37.1 Å². The number of amides is 1. The highest BCUT2D eigenvalue weighted by molar-refractivity contribution is 5.67. The van der Waals surface area contributed by atoms with Crippen molar-refractivity contribution >= 4 is 6.09 Å². The Morgan fingerprint density at radius 2 is 2.00 bits per heavy atom. The number of carbonyl (C=O) groups excluding carboxylic acids is 1. The highest BCUT2D eigenvalue weighted by atomic mass is 19.4. The van der Waals surface area contributed by atoms with Crippen molar-refractivity contribution in [3.8, 4) is 0 Å². The number of nitrogens with one attached hydrogen (secondary N) is 1. The highest BCUT2D eigenvalue weighted by Crippen LogP contribution is 2.14. The molecule has 0 unspecified atom stereocenters. The van der Waals surface area contributed by atoms with E-state index in [-0.39, 0.29) is 13.2 Å². The van der Waals surface area contributed by atoms with E-state index in [1.54, 1.807) is 0 Å². The molecule has 0 aliphatic heterocycles. The summed E-state index contributed by atoms with van der Waals surface area (Å²) in [5, 5.41) is 10.5. The van der Waals surface area contributed by atoms with Crippen LogP contribution in [0.2, 0.25) is 0 Å². The molecule has 0 aliphatic carbocycles. The standard InChI is InChI=1S/C7H12F3NO3/c8-7(9,10)5-14-6(13)11-3-1-2-4-12/h12H,1-5H2,(H,11,13). The smallest absolute Gasteiger partial charge is 0.422 e. The number of hydrogen-bond acceptors (Lipinski definition) is 3. The summed E-state index contributed by atoms with van der Waals surface area (Å²) in [6.45, 7) is -1.41. The van der Waals surface area contributed by atoms with Gasteiger partial charge in [0.2, 0.25) is 0 Å². The molecule has 7 heteroatoms. The Hall–Kier alpha value is -0.980. The maximum absolute atomic E-state index is 11.5. The number of aliphatic hydroxyl groups excluding tert-OH is 1. The highest BCUT2D eigenvalue weighted by Gasteiger charge is 2.29. The van der Waals surface area contributed by atoms with E-state index in [4.69, 9.17) is 5.11 Å². The zero-order valence-electron chi connectivity index (χ0n) is 7.43. The van der Waals surface area contributed by atoms with Crippen molar-refractivity contribution in [2.45, 2.75) is 19.0 Å². The van der Waals surface area contributed by atoms with E-state index in [9.17, 15) is 18.0 Å². The molecule has 84 valence electrons. The Labute approximate surface area is 79.0 Å². The van der Waals surface area contributed by atoms with Crippen molar-refractivity contribution < 1.29 is 27.8 Å². The van der Waals surface area contributed by atoms with Crippen LogP contribution in [0.1, 0.15) is 12.8 Å². The lowest BCUT2D eigenvalue weighted by molar-refractivity contribution is -0.160. The van der Waals surface area contributed by atoms with E-state index in [0.29, 0.717) is 12.8 Å². The monoisotopic (exact) mass is 215 g/mol. The van der Waals surface area contributed by atoms with Crippen LogP contribution in [0.5, 0.6) is 0 Å². The normalized spacial score (nSPS) is 11.1. The minimum atomic E-state index is -4.50. The zero-order valence-corrected chi connectivity index (χ0v) is 7.43. The predicted octanol–water partition coefficient (Wildman–Crippen LogP) is 1.05. The quantitative estimate of drug-likeness (QED) is 0.674. The summed E-state index contributed by atoms with van der Waals surface area (Å²) in [7, 11) is 0. The summed E-state index contributed by atoms with van der Waals surface area (Å²) in [5.74, 6) is 0.